The molecule has 3 heteroatoms. The van der Waals surface area contributed by atoms with E-state index in [1.165, 1.54) is 0 Å². The molecule has 60 valence electrons. The van der Waals surface area contributed by atoms with Crippen LogP contribution in [-0.4, -0.2) is 39.0 Å². The first-order valence-corrected chi connectivity index (χ1v) is 3.73. The van der Waals surface area contributed by atoms with Gasteiger partial charge in [0, 0.05) is 26.8 Å². The summed E-state index contributed by atoms with van der Waals surface area (Å²) in [5.74, 6) is 0. The third kappa shape index (κ3) is 1.68. The van der Waals surface area contributed by atoms with Gasteiger partial charge < -0.3 is 14.8 Å². The third-order valence-corrected chi connectivity index (χ3v) is 1.79. The monoisotopic (exact) mass is 145 g/mol. The molecule has 1 heterocycles. The van der Waals surface area contributed by atoms with Gasteiger partial charge in [-0.25, -0.2) is 0 Å². The smallest absolute Gasteiger partial charge is 0.0972 e. The molecule has 2 atom stereocenters. The van der Waals surface area contributed by atoms with Crippen LogP contribution in [0.4, 0.5) is 0 Å². The van der Waals surface area contributed by atoms with Crippen LogP contribution in [0.15, 0.2) is 0 Å². The first-order valence-electron chi connectivity index (χ1n) is 3.73. The third-order valence-electron chi connectivity index (χ3n) is 1.79. The predicted molar refractivity (Wildman–Crippen MR) is 39.1 cm³/mol. The number of hydrogen-bond acceptors (Lipinski definition) is 3. The Morgan fingerprint density at radius 1 is 1.40 bits per heavy atom. The van der Waals surface area contributed by atoms with E-state index in [4.69, 9.17) is 9.47 Å². The van der Waals surface area contributed by atoms with Gasteiger partial charge in [-0.3, -0.25) is 0 Å². The van der Waals surface area contributed by atoms with Crippen molar-refractivity contribution < 1.29 is 9.47 Å². The number of hydrogen-bond donors (Lipinski definition) is 1. The molecule has 1 rings (SSSR count). The van der Waals surface area contributed by atoms with Crippen molar-refractivity contribution >= 4 is 0 Å². The number of methoxy groups -OCH3 is 1. The van der Waals surface area contributed by atoms with Crippen molar-refractivity contribution in [3.8, 4) is 0 Å². The van der Waals surface area contributed by atoms with Crippen LogP contribution in [0.2, 0.25) is 0 Å². The van der Waals surface area contributed by atoms with Crippen LogP contribution in [0.25, 0.3) is 0 Å². The van der Waals surface area contributed by atoms with Gasteiger partial charge in [0.15, 0.2) is 0 Å². The molecule has 1 N–H and O–H groups in total. The maximum Gasteiger partial charge on any atom is 0.0972 e. The Kier molecular flexibility index (Phi) is 3.12. The topological polar surface area (TPSA) is 30.5 Å². The molecule has 0 amide bonds. The molecular weight excluding hydrogens is 130 g/mol. The van der Waals surface area contributed by atoms with Crippen LogP contribution in [-0.2, 0) is 9.47 Å². The average Bonchev–Trinajstić information content (AvgIpc) is 2.36. The SMILES string of the molecule is CCOC1CNCC1OC. The lowest BCUT2D eigenvalue weighted by molar-refractivity contribution is -0.0232. The van der Waals surface area contributed by atoms with Gasteiger partial charge in [0.05, 0.1) is 12.2 Å². The zero-order valence-electron chi connectivity index (χ0n) is 6.59. The molecule has 1 aliphatic rings. The molecule has 1 saturated heterocycles. The Morgan fingerprint density at radius 2 is 2.10 bits per heavy atom. The van der Waals surface area contributed by atoms with Crippen molar-refractivity contribution in [2.24, 2.45) is 0 Å². The fourth-order valence-corrected chi connectivity index (χ4v) is 1.25. The molecule has 3 nitrogen and oxygen atoms in total. The molecule has 2 unspecified atom stereocenters. The molecular formula is C7H15NO2. The van der Waals surface area contributed by atoms with Crippen molar-refractivity contribution in [2.75, 3.05) is 26.8 Å². The molecule has 0 saturated carbocycles. The van der Waals surface area contributed by atoms with Gasteiger partial charge in [-0.15, -0.1) is 0 Å². The molecule has 0 radical (unpaired) electrons. The summed E-state index contributed by atoms with van der Waals surface area (Å²) in [6.45, 7) is 4.62. The van der Waals surface area contributed by atoms with Crippen molar-refractivity contribution in [3.05, 3.63) is 0 Å². The molecule has 1 aliphatic heterocycles. The highest BCUT2D eigenvalue weighted by molar-refractivity contribution is 4.82. The molecule has 0 aromatic rings. The maximum absolute atomic E-state index is 5.42. The number of nitrogens with one attached hydrogen (secondary N) is 1. The van der Waals surface area contributed by atoms with Gasteiger partial charge in [0.2, 0.25) is 0 Å². The molecule has 0 spiro atoms. The zero-order chi connectivity index (χ0) is 7.40. The molecule has 0 bridgehead atoms. The van der Waals surface area contributed by atoms with E-state index in [0.717, 1.165) is 19.7 Å². The van der Waals surface area contributed by atoms with Crippen LogP contribution < -0.4 is 5.32 Å². The van der Waals surface area contributed by atoms with Crippen molar-refractivity contribution in [3.63, 3.8) is 0 Å². The normalized spacial score (nSPS) is 33.0. The van der Waals surface area contributed by atoms with Gasteiger partial charge in [-0.2, -0.15) is 0 Å². The second-order valence-corrected chi connectivity index (χ2v) is 2.43. The molecule has 0 aromatic heterocycles. The highest BCUT2D eigenvalue weighted by atomic mass is 16.5. The number of ether oxygens (including phenoxy) is 2. The van der Waals surface area contributed by atoms with Crippen molar-refractivity contribution in [2.45, 2.75) is 19.1 Å². The minimum absolute atomic E-state index is 0.250. The van der Waals surface area contributed by atoms with Crippen LogP contribution in [0.1, 0.15) is 6.92 Å². The van der Waals surface area contributed by atoms with Crippen LogP contribution in [0.5, 0.6) is 0 Å². The molecule has 0 aliphatic carbocycles. The summed E-state index contributed by atoms with van der Waals surface area (Å²) >= 11 is 0. The highest BCUT2D eigenvalue weighted by Crippen LogP contribution is 2.07. The Morgan fingerprint density at radius 3 is 2.70 bits per heavy atom. The largest absolute Gasteiger partial charge is 0.377 e. The van der Waals surface area contributed by atoms with E-state index >= 15 is 0 Å². The summed E-state index contributed by atoms with van der Waals surface area (Å²) in [4.78, 5) is 0. The lowest BCUT2D eigenvalue weighted by atomic mass is 10.2. The minimum atomic E-state index is 0.250. The van der Waals surface area contributed by atoms with E-state index < -0.39 is 0 Å². The van der Waals surface area contributed by atoms with Crippen LogP contribution in [0, 0.1) is 0 Å². The van der Waals surface area contributed by atoms with Gasteiger partial charge in [0.25, 0.3) is 0 Å². The Labute approximate surface area is 61.7 Å². The van der Waals surface area contributed by atoms with Crippen LogP contribution >= 0.6 is 0 Å². The van der Waals surface area contributed by atoms with Crippen LogP contribution in [0.3, 0.4) is 0 Å². The fraction of sp³-hybridized carbons (Fsp3) is 1.00. The lowest BCUT2D eigenvalue weighted by Crippen LogP contribution is -2.28. The Bertz CT molecular complexity index is 97.6. The minimum Gasteiger partial charge on any atom is -0.377 e. The van der Waals surface area contributed by atoms with Gasteiger partial charge >= 0.3 is 0 Å². The Balaban J connectivity index is 2.27. The summed E-state index contributed by atoms with van der Waals surface area (Å²) in [5, 5.41) is 3.21. The molecule has 0 aromatic carbocycles. The second kappa shape index (κ2) is 3.91. The summed E-state index contributed by atoms with van der Waals surface area (Å²) < 4.78 is 10.6. The summed E-state index contributed by atoms with van der Waals surface area (Å²) in [6.07, 6.45) is 0.509. The van der Waals surface area contributed by atoms with Crippen molar-refractivity contribution in [1.82, 2.24) is 5.32 Å². The van der Waals surface area contributed by atoms with Gasteiger partial charge in [-0.1, -0.05) is 0 Å². The summed E-state index contributed by atoms with van der Waals surface area (Å²) in [5.41, 5.74) is 0. The summed E-state index contributed by atoms with van der Waals surface area (Å²) in [7, 11) is 1.73. The quantitative estimate of drug-likeness (QED) is 0.607. The van der Waals surface area contributed by atoms with Gasteiger partial charge in [-0.05, 0) is 6.92 Å². The van der Waals surface area contributed by atoms with E-state index in [2.05, 4.69) is 5.32 Å². The lowest BCUT2D eigenvalue weighted by Gasteiger charge is -2.16. The Hall–Kier alpha value is -0.120. The molecule has 1 fully saturated rings. The highest BCUT2D eigenvalue weighted by Gasteiger charge is 2.26. The summed E-state index contributed by atoms with van der Waals surface area (Å²) in [6, 6.07) is 0. The first kappa shape index (κ1) is 7.98. The van der Waals surface area contributed by atoms with Crippen molar-refractivity contribution in [1.29, 1.82) is 0 Å². The van der Waals surface area contributed by atoms with E-state index in [1.807, 2.05) is 6.92 Å². The zero-order valence-corrected chi connectivity index (χ0v) is 6.59. The van der Waals surface area contributed by atoms with E-state index in [-0.39, 0.29) is 12.2 Å². The van der Waals surface area contributed by atoms with Gasteiger partial charge in [0.1, 0.15) is 0 Å². The maximum atomic E-state index is 5.42. The average molecular weight is 145 g/mol. The predicted octanol–water partition coefficient (Wildman–Crippen LogP) is 0.00970. The van der Waals surface area contributed by atoms with E-state index in [1.54, 1.807) is 7.11 Å². The first-order chi connectivity index (χ1) is 4.88. The van der Waals surface area contributed by atoms with E-state index in [0.29, 0.717) is 0 Å². The standard InChI is InChI=1S/C7H15NO2/c1-3-10-7-5-8-4-6(7)9-2/h6-8H,3-5H2,1-2H3. The molecule has 10 heavy (non-hydrogen) atoms. The fourth-order valence-electron chi connectivity index (χ4n) is 1.25. The van der Waals surface area contributed by atoms with E-state index in [9.17, 15) is 0 Å². The number of rotatable bonds is 3. The second-order valence-electron chi connectivity index (χ2n) is 2.43.